The number of aliphatic hydroxyl groups excluding tert-OH is 1. The number of esters is 2. The number of carbonyl (C=O) groups excluding carboxylic acids is 2. The molecule has 0 aliphatic rings. The van der Waals surface area contributed by atoms with Crippen molar-refractivity contribution in [1.29, 1.82) is 0 Å². The van der Waals surface area contributed by atoms with Crippen molar-refractivity contribution in [3.63, 3.8) is 0 Å². The summed E-state index contributed by atoms with van der Waals surface area (Å²) < 4.78 is 10.6. The summed E-state index contributed by atoms with van der Waals surface area (Å²) in [5.74, 6) is -0.604. The fourth-order valence-electron chi connectivity index (χ4n) is 5.92. The number of carbonyl (C=O) groups is 2. The first-order valence-corrected chi connectivity index (χ1v) is 21.0. The SMILES string of the molecule is CCCC/C=C/C/C=C/CCCCCCCC(=O)OC[C@H](CO)OC(=O)CCCCCCCCCCCCC/C=C/CCCCCCCC. The molecule has 0 aliphatic heterocycles. The summed E-state index contributed by atoms with van der Waals surface area (Å²) in [7, 11) is 0. The number of ether oxygens (including phenoxy) is 2. The van der Waals surface area contributed by atoms with Crippen LogP contribution in [0.2, 0.25) is 0 Å². The Balaban J connectivity index is 3.53. The molecule has 0 bridgehead atoms. The van der Waals surface area contributed by atoms with Gasteiger partial charge in [0.25, 0.3) is 0 Å². The largest absolute Gasteiger partial charge is 0.462 e. The van der Waals surface area contributed by atoms with Crippen molar-refractivity contribution < 1.29 is 24.2 Å². The van der Waals surface area contributed by atoms with Gasteiger partial charge in [0.1, 0.15) is 6.61 Å². The van der Waals surface area contributed by atoms with E-state index in [9.17, 15) is 14.7 Å². The Morgan fingerprint density at radius 1 is 0.469 bits per heavy atom. The molecule has 0 amide bonds. The lowest BCUT2D eigenvalue weighted by molar-refractivity contribution is -0.161. The van der Waals surface area contributed by atoms with Crippen LogP contribution in [-0.2, 0) is 19.1 Å². The van der Waals surface area contributed by atoms with Crippen LogP contribution in [0.1, 0.15) is 213 Å². The Morgan fingerprint density at radius 3 is 1.29 bits per heavy atom. The van der Waals surface area contributed by atoms with Crippen molar-refractivity contribution in [2.75, 3.05) is 13.2 Å². The molecule has 0 aromatic rings. The van der Waals surface area contributed by atoms with Crippen LogP contribution in [0, 0.1) is 0 Å². The molecule has 0 rings (SSSR count). The van der Waals surface area contributed by atoms with Gasteiger partial charge in [0.2, 0.25) is 0 Å². The lowest BCUT2D eigenvalue weighted by Gasteiger charge is -2.15. The normalized spacial score (nSPS) is 12.5. The van der Waals surface area contributed by atoms with Gasteiger partial charge < -0.3 is 14.6 Å². The van der Waals surface area contributed by atoms with Gasteiger partial charge in [-0.25, -0.2) is 0 Å². The molecule has 0 saturated carbocycles. The van der Waals surface area contributed by atoms with E-state index in [2.05, 4.69) is 50.3 Å². The molecule has 0 fully saturated rings. The molecule has 0 aromatic heterocycles. The van der Waals surface area contributed by atoms with Crippen molar-refractivity contribution >= 4 is 11.9 Å². The molecule has 0 spiro atoms. The number of hydrogen-bond donors (Lipinski definition) is 1. The van der Waals surface area contributed by atoms with Crippen molar-refractivity contribution in [3.05, 3.63) is 36.5 Å². The van der Waals surface area contributed by atoms with Crippen LogP contribution in [0.15, 0.2) is 36.5 Å². The second-order valence-corrected chi connectivity index (χ2v) is 14.1. The molecule has 5 heteroatoms. The monoisotopic (exact) mass is 689 g/mol. The number of rotatable bonds is 38. The predicted octanol–water partition coefficient (Wildman–Crippen LogP) is 13.2. The molecule has 0 heterocycles. The fraction of sp³-hybridized carbons (Fsp3) is 0.818. The first kappa shape index (κ1) is 47.1. The minimum atomic E-state index is -0.775. The molecule has 0 aromatic carbocycles. The Kier molecular flexibility index (Phi) is 39.0. The second-order valence-electron chi connectivity index (χ2n) is 14.1. The molecule has 0 saturated heterocycles. The maximum atomic E-state index is 12.2. The smallest absolute Gasteiger partial charge is 0.306 e. The van der Waals surface area contributed by atoms with Gasteiger partial charge in [-0.15, -0.1) is 0 Å². The van der Waals surface area contributed by atoms with Crippen LogP contribution in [0.3, 0.4) is 0 Å². The average molecular weight is 689 g/mol. The van der Waals surface area contributed by atoms with Gasteiger partial charge in [-0.05, 0) is 64.2 Å². The summed E-state index contributed by atoms with van der Waals surface area (Å²) in [6, 6.07) is 0. The van der Waals surface area contributed by atoms with E-state index in [1.165, 1.54) is 135 Å². The third-order valence-corrected chi connectivity index (χ3v) is 9.16. The van der Waals surface area contributed by atoms with Crippen molar-refractivity contribution in [2.45, 2.75) is 219 Å². The van der Waals surface area contributed by atoms with Gasteiger partial charge in [-0.2, -0.15) is 0 Å². The van der Waals surface area contributed by atoms with E-state index in [4.69, 9.17) is 9.47 Å². The zero-order valence-electron chi connectivity index (χ0n) is 32.5. The summed E-state index contributed by atoms with van der Waals surface area (Å²) >= 11 is 0. The highest BCUT2D eigenvalue weighted by Gasteiger charge is 2.16. The maximum Gasteiger partial charge on any atom is 0.306 e. The van der Waals surface area contributed by atoms with Crippen molar-refractivity contribution in [1.82, 2.24) is 0 Å². The summed E-state index contributed by atoms with van der Waals surface area (Å²) in [5, 5.41) is 9.56. The highest BCUT2D eigenvalue weighted by Crippen LogP contribution is 2.14. The topological polar surface area (TPSA) is 72.8 Å². The quantitative estimate of drug-likeness (QED) is 0.0397. The summed E-state index contributed by atoms with van der Waals surface area (Å²) in [6.45, 7) is 4.09. The summed E-state index contributed by atoms with van der Waals surface area (Å²) in [6.07, 6.45) is 49.2. The Hall–Kier alpha value is -1.88. The number of allylic oxidation sites excluding steroid dienone is 6. The molecule has 0 unspecified atom stereocenters. The zero-order chi connectivity index (χ0) is 35.7. The van der Waals surface area contributed by atoms with E-state index < -0.39 is 6.10 Å². The Labute approximate surface area is 304 Å². The maximum absolute atomic E-state index is 12.2. The van der Waals surface area contributed by atoms with E-state index in [1.807, 2.05) is 0 Å². The van der Waals surface area contributed by atoms with Gasteiger partial charge in [0, 0.05) is 12.8 Å². The van der Waals surface area contributed by atoms with Crippen LogP contribution in [-0.4, -0.2) is 36.4 Å². The predicted molar refractivity (Wildman–Crippen MR) is 210 cm³/mol. The number of aliphatic hydroxyl groups is 1. The van der Waals surface area contributed by atoms with Crippen molar-refractivity contribution in [2.24, 2.45) is 0 Å². The minimum absolute atomic E-state index is 0.0719. The minimum Gasteiger partial charge on any atom is -0.462 e. The highest BCUT2D eigenvalue weighted by molar-refractivity contribution is 5.70. The lowest BCUT2D eigenvalue weighted by Crippen LogP contribution is -2.28. The number of unbranched alkanes of at least 4 members (excludes halogenated alkanes) is 24. The van der Waals surface area contributed by atoms with E-state index in [0.29, 0.717) is 12.8 Å². The van der Waals surface area contributed by atoms with Crippen LogP contribution < -0.4 is 0 Å². The van der Waals surface area contributed by atoms with Crippen LogP contribution in [0.25, 0.3) is 0 Å². The molecule has 1 N–H and O–H groups in total. The second kappa shape index (κ2) is 40.5. The average Bonchev–Trinajstić information content (AvgIpc) is 3.10. The first-order valence-electron chi connectivity index (χ1n) is 21.0. The lowest BCUT2D eigenvalue weighted by atomic mass is 10.0. The first-order chi connectivity index (χ1) is 24.1. The summed E-state index contributed by atoms with van der Waals surface area (Å²) in [5.41, 5.74) is 0. The summed E-state index contributed by atoms with van der Waals surface area (Å²) in [4.78, 5) is 24.3. The van der Waals surface area contributed by atoms with Crippen LogP contribution in [0.4, 0.5) is 0 Å². The highest BCUT2D eigenvalue weighted by atomic mass is 16.6. The van der Waals surface area contributed by atoms with Gasteiger partial charge in [0.05, 0.1) is 6.61 Å². The molecule has 0 aliphatic carbocycles. The standard InChI is InChI=1S/C44H80O5/c1-3-5-7-9-11-13-15-17-19-20-21-22-23-24-25-27-29-31-33-35-37-39-44(47)49-42(40-45)41-48-43(46)38-36-34-32-30-28-26-18-16-14-12-10-8-6-4-2/h10,12,16-19,42,45H,3-9,11,13-15,20-41H2,1-2H3/b12-10+,18-16+,19-17+/t42-/m0/s1. The molecule has 5 nitrogen and oxygen atoms in total. The van der Waals surface area contributed by atoms with Crippen molar-refractivity contribution in [3.8, 4) is 0 Å². The van der Waals surface area contributed by atoms with Crippen LogP contribution in [0.5, 0.6) is 0 Å². The van der Waals surface area contributed by atoms with E-state index in [1.54, 1.807) is 0 Å². The fourth-order valence-corrected chi connectivity index (χ4v) is 5.92. The van der Waals surface area contributed by atoms with Gasteiger partial charge in [-0.1, -0.05) is 172 Å². The Morgan fingerprint density at radius 2 is 0.837 bits per heavy atom. The van der Waals surface area contributed by atoms with E-state index >= 15 is 0 Å². The molecule has 286 valence electrons. The van der Waals surface area contributed by atoms with E-state index in [-0.39, 0.29) is 25.2 Å². The van der Waals surface area contributed by atoms with E-state index in [0.717, 1.165) is 51.4 Å². The van der Waals surface area contributed by atoms with Gasteiger partial charge in [0.15, 0.2) is 6.10 Å². The molecule has 49 heavy (non-hydrogen) atoms. The molecular weight excluding hydrogens is 608 g/mol. The number of hydrogen-bond acceptors (Lipinski definition) is 5. The Bertz CT molecular complexity index is 786. The third-order valence-electron chi connectivity index (χ3n) is 9.16. The van der Waals surface area contributed by atoms with Gasteiger partial charge in [-0.3, -0.25) is 9.59 Å². The molecule has 0 radical (unpaired) electrons. The molecule has 1 atom stereocenters. The third kappa shape index (κ3) is 38.8. The van der Waals surface area contributed by atoms with Crippen LogP contribution >= 0.6 is 0 Å². The molecular formula is C44H80O5. The van der Waals surface area contributed by atoms with Gasteiger partial charge >= 0.3 is 11.9 Å². The zero-order valence-corrected chi connectivity index (χ0v) is 32.5.